The van der Waals surface area contributed by atoms with E-state index in [9.17, 15) is 4.79 Å². The van der Waals surface area contributed by atoms with Gasteiger partial charge in [-0.25, -0.2) is 4.68 Å². The van der Waals surface area contributed by atoms with Crippen LogP contribution in [0.4, 0.5) is 0 Å². The average Bonchev–Trinajstić information content (AvgIpc) is 3.36. The van der Waals surface area contributed by atoms with Gasteiger partial charge in [0.25, 0.3) is 0 Å². The third-order valence-electron chi connectivity index (χ3n) is 5.03. The predicted molar refractivity (Wildman–Crippen MR) is 107 cm³/mol. The molecule has 30 heavy (non-hydrogen) atoms. The van der Waals surface area contributed by atoms with E-state index >= 15 is 0 Å². The van der Waals surface area contributed by atoms with E-state index in [-0.39, 0.29) is 5.43 Å². The molecule has 0 aliphatic carbocycles. The first-order valence-electron chi connectivity index (χ1n) is 9.71. The highest BCUT2D eigenvalue weighted by molar-refractivity contribution is 5.55. The van der Waals surface area contributed by atoms with Gasteiger partial charge in [0.2, 0.25) is 17.1 Å². The van der Waals surface area contributed by atoms with E-state index in [1.807, 2.05) is 37.5 Å². The summed E-state index contributed by atoms with van der Waals surface area (Å²) in [5, 5.41) is 12.7. The highest BCUT2D eigenvalue weighted by Crippen LogP contribution is 2.21. The molecule has 3 aromatic heterocycles. The second-order valence-corrected chi connectivity index (χ2v) is 7.44. The van der Waals surface area contributed by atoms with Crippen LogP contribution in [-0.4, -0.2) is 42.9 Å². The first-order chi connectivity index (χ1) is 14.6. The molecule has 1 saturated heterocycles. The van der Waals surface area contributed by atoms with E-state index in [0.29, 0.717) is 29.7 Å². The standard InChI is InChI=1S/C21H20N6O3/c1-26-11-17(10-22-26)27-6-5-19(28)18(24-27)8-14-3-2-4-16(7-14)21-23-20(30-25-21)9-15-12-29-13-15/h2-7,10-11,15H,8-9,12-13H2,1H3. The van der Waals surface area contributed by atoms with Crippen LogP contribution in [-0.2, 0) is 24.6 Å². The van der Waals surface area contributed by atoms with Gasteiger partial charge in [-0.2, -0.15) is 15.2 Å². The minimum atomic E-state index is -0.106. The molecule has 1 aromatic carbocycles. The Kier molecular flexibility index (Phi) is 4.72. The molecule has 0 unspecified atom stereocenters. The van der Waals surface area contributed by atoms with Gasteiger partial charge in [0, 0.05) is 43.6 Å². The van der Waals surface area contributed by atoms with Gasteiger partial charge in [-0.1, -0.05) is 23.4 Å². The zero-order valence-corrected chi connectivity index (χ0v) is 16.4. The zero-order chi connectivity index (χ0) is 20.5. The fourth-order valence-electron chi connectivity index (χ4n) is 3.36. The quantitative estimate of drug-likeness (QED) is 0.483. The fourth-order valence-corrected chi connectivity index (χ4v) is 3.36. The van der Waals surface area contributed by atoms with Gasteiger partial charge in [-0.05, 0) is 11.6 Å². The molecule has 9 nitrogen and oxygen atoms in total. The molecule has 0 radical (unpaired) electrons. The Balaban J connectivity index is 1.38. The molecule has 1 aliphatic rings. The van der Waals surface area contributed by atoms with Crippen molar-refractivity contribution < 1.29 is 9.26 Å². The van der Waals surface area contributed by atoms with Gasteiger partial charge in [0.15, 0.2) is 0 Å². The Morgan fingerprint density at radius 2 is 2.13 bits per heavy atom. The van der Waals surface area contributed by atoms with Crippen molar-refractivity contribution in [2.24, 2.45) is 13.0 Å². The van der Waals surface area contributed by atoms with Crippen molar-refractivity contribution in [2.45, 2.75) is 12.8 Å². The van der Waals surface area contributed by atoms with Crippen molar-refractivity contribution in [1.29, 1.82) is 0 Å². The van der Waals surface area contributed by atoms with Gasteiger partial charge in [0.05, 0.1) is 25.6 Å². The first-order valence-corrected chi connectivity index (χ1v) is 9.71. The Labute approximate surface area is 171 Å². The second-order valence-electron chi connectivity index (χ2n) is 7.44. The van der Waals surface area contributed by atoms with Gasteiger partial charge < -0.3 is 9.26 Å². The summed E-state index contributed by atoms with van der Waals surface area (Å²) in [7, 11) is 1.84. The maximum absolute atomic E-state index is 12.4. The van der Waals surface area contributed by atoms with Crippen molar-refractivity contribution in [3.63, 3.8) is 0 Å². The highest BCUT2D eigenvalue weighted by atomic mass is 16.5. The van der Waals surface area contributed by atoms with Gasteiger partial charge in [-0.15, -0.1) is 0 Å². The molecule has 0 atom stereocenters. The van der Waals surface area contributed by atoms with Gasteiger partial charge >= 0.3 is 0 Å². The molecular formula is C21H20N6O3. The van der Waals surface area contributed by atoms with Crippen LogP contribution in [0, 0.1) is 5.92 Å². The molecule has 4 aromatic rings. The summed E-state index contributed by atoms with van der Waals surface area (Å²) in [5.41, 5.74) is 2.93. The molecule has 4 heterocycles. The number of benzene rings is 1. The summed E-state index contributed by atoms with van der Waals surface area (Å²) in [4.78, 5) is 16.9. The Morgan fingerprint density at radius 3 is 2.90 bits per heavy atom. The fraction of sp³-hybridized carbons (Fsp3) is 0.286. The third kappa shape index (κ3) is 3.79. The lowest BCUT2D eigenvalue weighted by Gasteiger charge is -2.23. The smallest absolute Gasteiger partial charge is 0.227 e. The summed E-state index contributed by atoms with van der Waals surface area (Å²) in [5.74, 6) is 1.62. The second kappa shape index (κ2) is 7.68. The van der Waals surface area contributed by atoms with Gasteiger partial charge in [-0.3, -0.25) is 9.48 Å². The summed E-state index contributed by atoms with van der Waals surface area (Å²) >= 11 is 0. The van der Waals surface area contributed by atoms with E-state index in [0.717, 1.165) is 36.4 Å². The van der Waals surface area contributed by atoms with Crippen LogP contribution < -0.4 is 5.43 Å². The lowest BCUT2D eigenvalue weighted by molar-refractivity contribution is -0.0342. The minimum absolute atomic E-state index is 0.106. The number of aryl methyl sites for hydroxylation is 1. The average molecular weight is 404 g/mol. The summed E-state index contributed by atoms with van der Waals surface area (Å²) < 4.78 is 13.9. The number of rotatable bonds is 6. The zero-order valence-electron chi connectivity index (χ0n) is 16.4. The Morgan fingerprint density at radius 1 is 1.23 bits per heavy atom. The van der Waals surface area contributed by atoms with E-state index in [4.69, 9.17) is 9.26 Å². The molecule has 0 saturated carbocycles. The SMILES string of the molecule is Cn1cc(-n2ccc(=O)c(Cc3cccc(-c4noc(CC5COC5)n4)c3)n2)cn1. The predicted octanol–water partition coefficient (Wildman–Crippen LogP) is 1.80. The lowest BCUT2D eigenvalue weighted by atomic mass is 10.0. The number of hydrogen-bond donors (Lipinski definition) is 0. The Hall–Kier alpha value is -3.59. The van der Waals surface area contributed by atoms with Crippen molar-refractivity contribution in [2.75, 3.05) is 13.2 Å². The first kappa shape index (κ1) is 18.4. The van der Waals surface area contributed by atoms with E-state index < -0.39 is 0 Å². The van der Waals surface area contributed by atoms with E-state index in [2.05, 4.69) is 20.3 Å². The summed E-state index contributed by atoms with van der Waals surface area (Å²) in [6.45, 7) is 1.49. The maximum atomic E-state index is 12.4. The maximum Gasteiger partial charge on any atom is 0.227 e. The summed E-state index contributed by atoms with van der Waals surface area (Å²) in [6, 6.07) is 9.29. The molecule has 5 rings (SSSR count). The topological polar surface area (TPSA) is 101 Å². The molecule has 0 N–H and O–H groups in total. The normalized spacial score (nSPS) is 14.0. The lowest BCUT2D eigenvalue weighted by Crippen LogP contribution is -2.29. The van der Waals surface area contributed by atoms with Crippen molar-refractivity contribution in [3.05, 3.63) is 76.3 Å². The highest BCUT2D eigenvalue weighted by Gasteiger charge is 2.22. The van der Waals surface area contributed by atoms with Crippen molar-refractivity contribution >= 4 is 0 Å². The summed E-state index contributed by atoms with van der Waals surface area (Å²) in [6.07, 6.45) is 6.32. The van der Waals surface area contributed by atoms with E-state index in [1.54, 1.807) is 21.8 Å². The largest absolute Gasteiger partial charge is 0.381 e. The molecule has 1 fully saturated rings. The molecule has 1 aliphatic heterocycles. The van der Waals surface area contributed by atoms with Crippen LogP contribution in [0.5, 0.6) is 0 Å². The van der Waals surface area contributed by atoms with Crippen LogP contribution in [0.25, 0.3) is 17.1 Å². The molecule has 152 valence electrons. The van der Waals surface area contributed by atoms with Crippen molar-refractivity contribution in [3.8, 4) is 17.1 Å². The molecular weight excluding hydrogens is 384 g/mol. The monoisotopic (exact) mass is 404 g/mol. The number of ether oxygens (including phenoxy) is 1. The third-order valence-corrected chi connectivity index (χ3v) is 5.03. The van der Waals surface area contributed by atoms with Crippen LogP contribution >= 0.6 is 0 Å². The van der Waals surface area contributed by atoms with Crippen molar-refractivity contribution in [1.82, 2.24) is 29.7 Å². The molecule has 0 amide bonds. The molecule has 0 spiro atoms. The van der Waals surface area contributed by atoms with Crippen LogP contribution in [0.1, 0.15) is 17.1 Å². The molecule has 0 bridgehead atoms. The molecule has 9 heteroatoms. The Bertz CT molecular complexity index is 1240. The van der Waals surface area contributed by atoms with Gasteiger partial charge in [0.1, 0.15) is 11.4 Å². The number of hydrogen-bond acceptors (Lipinski definition) is 7. The van der Waals surface area contributed by atoms with Crippen LogP contribution in [0.15, 0.2) is 58.2 Å². The number of aromatic nitrogens is 6. The minimum Gasteiger partial charge on any atom is -0.381 e. The van der Waals surface area contributed by atoms with Crippen LogP contribution in [0.3, 0.4) is 0 Å². The van der Waals surface area contributed by atoms with E-state index in [1.165, 1.54) is 6.07 Å². The van der Waals surface area contributed by atoms with Crippen LogP contribution in [0.2, 0.25) is 0 Å². The number of nitrogens with zero attached hydrogens (tertiary/aromatic N) is 6.